The third kappa shape index (κ3) is 3.81. The van der Waals surface area contributed by atoms with E-state index in [1.54, 1.807) is 12.1 Å². The minimum absolute atomic E-state index is 0.0462. The van der Waals surface area contributed by atoms with Gasteiger partial charge in [0, 0.05) is 5.02 Å². The van der Waals surface area contributed by atoms with Crippen molar-refractivity contribution in [3.05, 3.63) is 34.9 Å². The van der Waals surface area contributed by atoms with Crippen LogP contribution in [0.1, 0.15) is 5.56 Å². The molecule has 6 heteroatoms. The van der Waals surface area contributed by atoms with Crippen LogP contribution in [0.25, 0.3) is 0 Å². The number of rotatable bonds is 3. The Labute approximate surface area is 120 Å². The molecule has 0 bridgehead atoms. The highest BCUT2D eigenvalue weighted by molar-refractivity contribution is 14.1. The van der Waals surface area contributed by atoms with E-state index in [0.717, 1.165) is 5.56 Å². The maximum Gasteiger partial charge on any atom is 0.154 e. The maximum absolute atomic E-state index is 11.4. The van der Waals surface area contributed by atoms with Gasteiger partial charge in [-0.25, -0.2) is 8.42 Å². The summed E-state index contributed by atoms with van der Waals surface area (Å²) in [6.45, 7) is 0.427. The lowest BCUT2D eigenvalue weighted by molar-refractivity contribution is 0.0639. The summed E-state index contributed by atoms with van der Waals surface area (Å²) in [7, 11) is -2.91. The van der Waals surface area contributed by atoms with Gasteiger partial charge in [0.15, 0.2) is 9.84 Å². The Morgan fingerprint density at radius 1 is 1.29 bits per heavy atom. The van der Waals surface area contributed by atoms with Crippen molar-refractivity contribution in [2.45, 2.75) is 16.6 Å². The van der Waals surface area contributed by atoms with E-state index in [2.05, 4.69) is 22.6 Å². The van der Waals surface area contributed by atoms with Crippen LogP contribution in [-0.4, -0.2) is 30.0 Å². The van der Waals surface area contributed by atoms with Crippen molar-refractivity contribution in [2.75, 3.05) is 11.5 Å². The lowest BCUT2D eigenvalue weighted by atomic mass is 10.2. The van der Waals surface area contributed by atoms with E-state index >= 15 is 0 Å². The minimum atomic E-state index is -2.91. The lowest BCUT2D eigenvalue weighted by Crippen LogP contribution is -2.22. The minimum Gasteiger partial charge on any atom is -0.371 e. The molecule has 94 valence electrons. The number of ether oxygens (including phenoxy) is 1. The molecule has 2 atom stereocenters. The molecule has 1 heterocycles. The summed E-state index contributed by atoms with van der Waals surface area (Å²) >= 11 is 7.92. The highest BCUT2D eigenvalue weighted by atomic mass is 127. The third-order valence-corrected chi connectivity index (χ3v) is 6.41. The van der Waals surface area contributed by atoms with Crippen molar-refractivity contribution in [1.82, 2.24) is 0 Å². The van der Waals surface area contributed by atoms with E-state index in [0.29, 0.717) is 11.6 Å². The Hall–Kier alpha value is 0.150. The molecule has 0 spiro atoms. The Morgan fingerprint density at radius 2 is 1.94 bits per heavy atom. The van der Waals surface area contributed by atoms with E-state index in [9.17, 15) is 8.42 Å². The normalized spacial score (nSPS) is 27.2. The predicted octanol–water partition coefficient (Wildman–Crippen LogP) is 2.46. The molecule has 0 N–H and O–H groups in total. The predicted molar refractivity (Wildman–Crippen MR) is 76.5 cm³/mol. The van der Waals surface area contributed by atoms with E-state index in [-0.39, 0.29) is 21.5 Å². The van der Waals surface area contributed by atoms with Crippen LogP contribution in [0.3, 0.4) is 0 Å². The van der Waals surface area contributed by atoms with Crippen molar-refractivity contribution < 1.29 is 13.2 Å². The molecule has 2 rings (SSSR count). The quantitative estimate of drug-likeness (QED) is 0.592. The molecule has 17 heavy (non-hydrogen) atoms. The second-order valence-electron chi connectivity index (χ2n) is 4.07. The smallest absolute Gasteiger partial charge is 0.154 e. The summed E-state index contributed by atoms with van der Waals surface area (Å²) in [6.07, 6.45) is -0.198. The fourth-order valence-electron chi connectivity index (χ4n) is 1.71. The molecular formula is C11H12ClIO3S. The molecule has 0 saturated carbocycles. The first kappa shape index (κ1) is 13.6. The SMILES string of the molecule is O=S1(=O)CC(I)C(OCc2ccc(Cl)cc2)C1. The Kier molecular flexibility index (Phi) is 4.33. The highest BCUT2D eigenvalue weighted by Crippen LogP contribution is 2.24. The van der Waals surface area contributed by atoms with Crippen molar-refractivity contribution in [2.24, 2.45) is 0 Å². The molecule has 0 aliphatic carbocycles. The molecule has 1 aliphatic rings. The van der Waals surface area contributed by atoms with Crippen LogP contribution < -0.4 is 0 Å². The first-order chi connectivity index (χ1) is 7.96. The Balaban J connectivity index is 1.93. The van der Waals surface area contributed by atoms with Gasteiger partial charge < -0.3 is 4.74 Å². The zero-order valence-corrected chi connectivity index (χ0v) is 12.7. The van der Waals surface area contributed by atoms with Gasteiger partial charge in [0.2, 0.25) is 0 Å². The number of benzene rings is 1. The van der Waals surface area contributed by atoms with Crippen LogP contribution in [0.15, 0.2) is 24.3 Å². The fraction of sp³-hybridized carbons (Fsp3) is 0.455. The number of halogens is 2. The monoisotopic (exact) mass is 386 g/mol. The zero-order valence-electron chi connectivity index (χ0n) is 8.97. The van der Waals surface area contributed by atoms with Gasteiger partial charge in [0.05, 0.1) is 28.1 Å². The van der Waals surface area contributed by atoms with Crippen LogP contribution in [0.4, 0.5) is 0 Å². The van der Waals surface area contributed by atoms with E-state index < -0.39 is 9.84 Å². The van der Waals surface area contributed by atoms with Crippen LogP contribution >= 0.6 is 34.2 Å². The van der Waals surface area contributed by atoms with E-state index in [4.69, 9.17) is 16.3 Å². The number of sulfone groups is 1. The zero-order chi connectivity index (χ0) is 12.5. The summed E-state index contributed by atoms with van der Waals surface area (Å²) in [6, 6.07) is 7.36. The van der Waals surface area contributed by atoms with Crippen molar-refractivity contribution in [3.8, 4) is 0 Å². The number of hydrogen-bond acceptors (Lipinski definition) is 3. The molecule has 1 aromatic carbocycles. The van der Waals surface area contributed by atoms with E-state index in [1.165, 1.54) is 0 Å². The number of alkyl halides is 1. The summed E-state index contributed by atoms with van der Waals surface area (Å²) in [5.41, 5.74) is 1.00. The summed E-state index contributed by atoms with van der Waals surface area (Å²) in [5, 5.41) is 0.684. The highest BCUT2D eigenvalue weighted by Gasteiger charge is 2.36. The van der Waals surface area contributed by atoms with Crippen molar-refractivity contribution >= 4 is 44.0 Å². The van der Waals surface area contributed by atoms with Crippen molar-refractivity contribution in [3.63, 3.8) is 0 Å². The van der Waals surface area contributed by atoms with Gasteiger partial charge in [0.1, 0.15) is 0 Å². The van der Waals surface area contributed by atoms with Gasteiger partial charge in [-0.05, 0) is 17.7 Å². The fourth-order valence-corrected chi connectivity index (χ4v) is 5.95. The van der Waals surface area contributed by atoms with Crippen molar-refractivity contribution in [1.29, 1.82) is 0 Å². The second-order valence-corrected chi connectivity index (χ2v) is 8.26. The molecule has 0 aromatic heterocycles. The van der Waals surface area contributed by atoms with Gasteiger partial charge in [-0.3, -0.25) is 0 Å². The standard InChI is InChI=1S/C11H12ClIO3S/c12-9-3-1-8(2-4-9)5-16-11-7-17(14,15)6-10(11)13/h1-4,10-11H,5-7H2. The topological polar surface area (TPSA) is 43.4 Å². The molecule has 0 amide bonds. The first-order valence-electron chi connectivity index (χ1n) is 5.17. The summed E-state index contributed by atoms with van der Waals surface area (Å²) in [5.74, 6) is 0.354. The average molecular weight is 387 g/mol. The first-order valence-corrected chi connectivity index (χ1v) is 8.61. The number of hydrogen-bond donors (Lipinski definition) is 0. The summed E-state index contributed by atoms with van der Waals surface area (Å²) < 4.78 is 28.5. The van der Waals surface area contributed by atoms with Gasteiger partial charge in [0.25, 0.3) is 0 Å². The van der Waals surface area contributed by atoms with Crippen LogP contribution in [0, 0.1) is 0 Å². The Morgan fingerprint density at radius 3 is 2.47 bits per heavy atom. The molecule has 1 aliphatic heterocycles. The van der Waals surface area contributed by atoms with Crippen LogP contribution in [0.5, 0.6) is 0 Å². The molecule has 0 radical (unpaired) electrons. The van der Waals surface area contributed by atoms with E-state index in [1.807, 2.05) is 12.1 Å². The van der Waals surface area contributed by atoms with Crippen LogP contribution in [-0.2, 0) is 21.2 Å². The van der Waals surface area contributed by atoms with Gasteiger partial charge in [-0.1, -0.05) is 46.3 Å². The molecule has 1 aromatic rings. The second kappa shape index (κ2) is 5.42. The lowest BCUT2D eigenvalue weighted by Gasteiger charge is -2.13. The molecule has 2 unspecified atom stereocenters. The maximum atomic E-state index is 11.4. The molecule has 1 fully saturated rings. The molecule has 3 nitrogen and oxygen atoms in total. The average Bonchev–Trinajstić information content (AvgIpc) is 2.51. The van der Waals surface area contributed by atoms with Crippen LogP contribution in [0.2, 0.25) is 5.02 Å². The molecular weight excluding hydrogens is 375 g/mol. The summed E-state index contributed by atoms with van der Waals surface area (Å²) in [4.78, 5) is 0. The Bertz CT molecular complexity index is 486. The third-order valence-electron chi connectivity index (χ3n) is 2.61. The largest absolute Gasteiger partial charge is 0.371 e. The molecule has 1 saturated heterocycles. The van der Waals surface area contributed by atoms with Gasteiger partial charge in [-0.15, -0.1) is 0 Å². The van der Waals surface area contributed by atoms with Gasteiger partial charge >= 0.3 is 0 Å². The van der Waals surface area contributed by atoms with Gasteiger partial charge in [-0.2, -0.15) is 0 Å².